The lowest BCUT2D eigenvalue weighted by Gasteiger charge is -2.12. The van der Waals surface area contributed by atoms with Gasteiger partial charge in [0.25, 0.3) is 0 Å². The van der Waals surface area contributed by atoms with Crippen molar-refractivity contribution in [1.82, 2.24) is 4.57 Å². The highest BCUT2D eigenvalue weighted by Crippen LogP contribution is 2.11. The molecule has 76 valence electrons. The molecular formula is C8H9BrN2O3. The summed E-state index contributed by atoms with van der Waals surface area (Å²) in [5.74, 6) is -0.986. The number of anilines is 1. The van der Waals surface area contributed by atoms with Gasteiger partial charge in [-0.2, -0.15) is 0 Å². The molecule has 0 aromatic carbocycles. The number of carboxylic acids is 1. The zero-order chi connectivity index (χ0) is 10.9. The van der Waals surface area contributed by atoms with Crippen LogP contribution in [0.15, 0.2) is 21.7 Å². The molecule has 0 bridgehead atoms. The number of nitrogens with two attached hydrogens (primary N) is 1. The fourth-order valence-corrected chi connectivity index (χ4v) is 1.40. The van der Waals surface area contributed by atoms with Gasteiger partial charge in [0.15, 0.2) is 0 Å². The molecular weight excluding hydrogens is 252 g/mol. The van der Waals surface area contributed by atoms with Crippen molar-refractivity contribution in [1.29, 1.82) is 0 Å². The van der Waals surface area contributed by atoms with Crippen LogP contribution >= 0.6 is 15.9 Å². The molecule has 0 saturated carbocycles. The zero-order valence-electron chi connectivity index (χ0n) is 7.40. The van der Waals surface area contributed by atoms with E-state index in [4.69, 9.17) is 10.8 Å². The first kappa shape index (κ1) is 10.8. The minimum Gasteiger partial charge on any atom is -0.480 e. The smallest absolute Gasteiger partial charge is 0.326 e. The Morgan fingerprint density at radius 1 is 1.64 bits per heavy atom. The van der Waals surface area contributed by atoms with Crippen molar-refractivity contribution in [2.75, 3.05) is 5.73 Å². The number of hydrogen-bond donors (Lipinski definition) is 2. The summed E-state index contributed by atoms with van der Waals surface area (Å²) in [5, 5.41) is 8.73. The van der Waals surface area contributed by atoms with Gasteiger partial charge in [0.1, 0.15) is 6.04 Å². The maximum atomic E-state index is 11.2. The van der Waals surface area contributed by atoms with Crippen molar-refractivity contribution >= 4 is 27.6 Å². The third-order valence-electron chi connectivity index (χ3n) is 1.83. The predicted octanol–water partition coefficient (Wildman–Crippen LogP) is 0.839. The first-order valence-electron chi connectivity index (χ1n) is 3.83. The molecule has 1 aromatic rings. The Balaban J connectivity index is 3.26. The number of aromatic nitrogens is 1. The van der Waals surface area contributed by atoms with Gasteiger partial charge in [0, 0.05) is 12.4 Å². The highest BCUT2D eigenvalue weighted by Gasteiger charge is 2.13. The van der Waals surface area contributed by atoms with Crippen LogP contribution in [0.25, 0.3) is 0 Å². The summed E-state index contributed by atoms with van der Waals surface area (Å²) in [6.45, 7) is 1.50. The molecule has 1 heterocycles. The Hall–Kier alpha value is -1.30. The maximum Gasteiger partial charge on any atom is 0.326 e. The molecule has 5 nitrogen and oxygen atoms in total. The number of pyridine rings is 1. The van der Waals surface area contributed by atoms with Crippen LogP contribution in [0.1, 0.15) is 13.0 Å². The number of nitrogen functional groups attached to an aromatic ring is 1. The molecule has 1 rings (SSSR count). The van der Waals surface area contributed by atoms with Crippen LogP contribution in [-0.2, 0) is 4.79 Å². The summed E-state index contributed by atoms with van der Waals surface area (Å²) in [6, 6.07) is -0.755. The number of halogens is 1. The van der Waals surface area contributed by atoms with E-state index >= 15 is 0 Å². The van der Waals surface area contributed by atoms with Gasteiger partial charge in [-0.1, -0.05) is 0 Å². The van der Waals surface area contributed by atoms with E-state index in [9.17, 15) is 9.59 Å². The van der Waals surface area contributed by atoms with Gasteiger partial charge in [-0.05, 0) is 22.9 Å². The Kier molecular flexibility index (Phi) is 2.95. The quantitative estimate of drug-likeness (QED) is 0.825. The van der Waals surface area contributed by atoms with E-state index in [1.807, 2.05) is 0 Å². The zero-order valence-corrected chi connectivity index (χ0v) is 8.98. The van der Waals surface area contributed by atoms with Gasteiger partial charge >= 0.3 is 5.97 Å². The van der Waals surface area contributed by atoms with Gasteiger partial charge in [-0.25, -0.2) is 4.79 Å². The molecule has 3 N–H and O–H groups in total. The maximum absolute atomic E-state index is 11.2. The van der Waals surface area contributed by atoms with Crippen LogP contribution in [-0.4, -0.2) is 15.6 Å². The summed E-state index contributed by atoms with van der Waals surface area (Å²) >= 11 is 3.01. The topological polar surface area (TPSA) is 85.3 Å². The predicted molar refractivity (Wildman–Crippen MR) is 55.2 cm³/mol. The third-order valence-corrected chi connectivity index (χ3v) is 2.40. The van der Waals surface area contributed by atoms with Gasteiger partial charge < -0.3 is 15.4 Å². The van der Waals surface area contributed by atoms with E-state index in [0.29, 0.717) is 0 Å². The van der Waals surface area contributed by atoms with Crippen LogP contribution in [0.5, 0.6) is 0 Å². The van der Waals surface area contributed by atoms with E-state index < -0.39 is 12.0 Å². The van der Waals surface area contributed by atoms with E-state index in [-0.39, 0.29) is 15.6 Å². The SMILES string of the molecule is CC(C(=O)O)n1cc(N)c(=O)c(Br)c1. The largest absolute Gasteiger partial charge is 0.480 e. The summed E-state index contributed by atoms with van der Waals surface area (Å²) in [7, 11) is 0. The Labute approximate surface area is 88.3 Å². The van der Waals surface area contributed by atoms with Crippen LogP contribution in [0, 0.1) is 0 Å². The van der Waals surface area contributed by atoms with Gasteiger partial charge in [-0.15, -0.1) is 0 Å². The van der Waals surface area contributed by atoms with Crippen molar-refractivity contribution < 1.29 is 9.90 Å². The second-order valence-electron chi connectivity index (χ2n) is 2.85. The molecule has 14 heavy (non-hydrogen) atoms. The molecule has 0 aliphatic rings. The number of aliphatic carboxylic acids is 1. The van der Waals surface area contributed by atoms with Crippen molar-refractivity contribution in [2.45, 2.75) is 13.0 Å². The number of carbonyl (C=O) groups is 1. The molecule has 0 radical (unpaired) electrons. The second-order valence-corrected chi connectivity index (χ2v) is 3.71. The average molecular weight is 261 g/mol. The van der Waals surface area contributed by atoms with Crippen LogP contribution in [0.3, 0.4) is 0 Å². The van der Waals surface area contributed by atoms with E-state index in [1.165, 1.54) is 23.9 Å². The normalized spacial score (nSPS) is 12.4. The molecule has 1 unspecified atom stereocenters. The van der Waals surface area contributed by atoms with Crippen molar-refractivity contribution in [3.05, 3.63) is 27.1 Å². The van der Waals surface area contributed by atoms with Crippen molar-refractivity contribution in [3.63, 3.8) is 0 Å². The minimum atomic E-state index is -0.986. The van der Waals surface area contributed by atoms with Gasteiger partial charge in [-0.3, -0.25) is 4.79 Å². The molecule has 0 amide bonds. The summed E-state index contributed by atoms with van der Waals surface area (Å²) < 4.78 is 1.62. The fraction of sp³-hybridized carbons (Fsp3) is 0.250. The number of nitrogens with zero attached hydrogens (tertiary/aromatic N) is 1. The Morgan fingerprint density at radius 3 is 2.64 bits per heavy atom. The molecule has 0 aliphatic heterocycles. The van der Waals surface area contributed by atoms with E-state index in [2.05, 4.69) is 15.9 Å². The minimum absolute atomic E-state index is 0.0208. The standard InChI is InChI=1S/C8H9BrN2O3/c1-4(8(13)14)11-2-5(9)7(12)6(10)3-11/h2-4H,10H2,1H3,(H,13,14). The highest BCUT2D eigenvalue weighted by molar-refractivity contribution is 9.10. The first-order valence-corrected chi connectivity index (χ1v) is 4.62. The lowest BCUT2D eigenvalue weighted by molar-refractivity contribution is -0.140. The number of rotatable bonds is 2. The molecule has 0 saturated heterocycles. The van der Waals surface area contributed by atoms with Crippen molar-refractivity contribution in [3.8, 4) is 0 Å². The van der Waals surface area contributed by atoms with E-state index in [0.717, 1.165) is 0 Å². The Morgan fingerprint density at radius 2 is 2.21 bits per heavy atom. The van der Waals surface area contributed by atoms with Crippen LogP contribution < -0.4 is 11.2 Å². The average Bonchev–Trinajstić information content (AvgIpc) is 2.12. The van der Waals surface area contributed by atoms with Crippen LogP contribution in [0.2, 0.25) is 0 Å². The summed E-state index contributed by atoms with van der Waals surface area (Å²) in [6.07, 6.45) is 2.71. The molecule has 1 atom stereocenters. The third kappa shape index (κ3) is 1.95. The number of carboxylic acid groups (broad SMARTS) is 1. The molecule has 0 spiro atoms. The van der Waals surface area contributed by atoms with Crippen molar-refractivity contribution in [2.24, 2.45) is 0 Å². The van der Waals surface area contributed by atoms with Gasteiger partial charge in [0.05, 0.1) is 10.2 Å². The molecule has 0 fully saturated rings. The monoisotopic (exact) mass is 260 g/mol. The fourth-order valence-electron chi connectivity index (χ4n) is 0.935. The number of hydrogen-bond acceptors (Lipinski definition) is 3. The van der Waals surface area contributed by atoms with Crippen LogP contribution in [0.4, 0.5) is 5.69 Å². The van der Waals surface area contributed by atoms with E-state index in [1.54, 1.807) is 0 Å². The molecule has 6 heteroatoms. The summed E-state index contributed by atoms with van der Waals surface area (Å²) in [4.78, 5) is 21.8. The van der Waals surface area contributed by atoms with Gasteiger partial charge in [0.2, 0.25) is 5.43 Å². The first-order chi connectivity index (χ1) is 6.43. The lowest BCUT2D eigenvalue weighted by atomic mass is 10.3. The molecule has 1 aromatic heterocycles. The Bertz CT molecular complexity index is 401. The second kappa shape index (κ2) is 3.83. The highest BCUT2D eigenvalue weighted by atomic mass is 79.9. The summed E-state index contributed by atoms with van der Waals surface area (Å²) in [5.41, 5.74) is 5.09. The molecule has 0 aliphatic carbocycles. The lowest BCUT2D eigenvalue weighted by Crippen LogP contribution is -2.19.